The van der Waals surface area contributed by atoms with Crippen LogP contribution in [-0.2, 0) is 28.7 Å². The number of allylic oxidation sites excluding steroid dienone is 4. The van der Waals surface area contributed by atoms with Crippen LogP contribution < -0.4 is 0 Å². The minimum atomic E-state index is -0.391. The maximum atomic E-state index is 11.2. The predicted octanol–water partition coefficient (Wildman–Crippen LogP) is 3.50. The van der Waals surface area contributed by atoms with Gasteiger partial charge in [0.15, 0.2) is 0 Å². The molecule has 0 amide bonds. The summed E-state index contributed by atoms with van der Waals surface area (Å²) < 4.78 is 8.92. The molecule has 3 atom stereocenters. The normalized spacial score (nSPS) is 24.4. The highest BCUT2D eigenvalue weighted by atomic mass is 16.6. The van der Waals surface area contributed by atoms with Gasteiger partial charge in [-0.25, -0.2) is 0 Å². The number of hydrogen-bond acceptors (Lipinski definition) is 6. The van der Waals surface area contributed by atoms with Crippen molar-refractivity contribution >= 4 is 23.9 Å². The van der Waals surface area contributed by atoms with Crippen molar-refractivity contribution in [3.05, 3.63) is 23.8 Å². The topological polar surface area (TPSA) is 86.7 Å². The third-order valence-corrected chi connectivity index (χ3v) is 4.60. The lowest BCUT2D eigenvalue weighted by Gasteiger charge is -2.12. The number of carbonyl (C=O) groups is 4. The smallest absolute Gasteiger partial charge is 0.317 e. The van der Waals surface area contributed by atoms with Gasteiger partial charge < -0.3 is 9.47 Å². The minimum Gasteiger partial charge on any atom is -0.393 e. The lowest BCUT2D eigenvalue weighted by atomic mass is 9.88. The maximum Gasteiger partial charge on any atom is 0.317 e. The molecular weight excluding hydrogens is 336 g/mol. The Morgan fingerprint density at radius 1 is 1.08 bits per heavy atom. The Morgan fingerprint density at radius 3 is 2.12 bits per heavy atom. The van der Waals surface area contributed by atoms with Crippen molar-refractivity contribution in [3.8, 4) is 0 Å². The number of ether oxygens (including phenoxy) is 2. The molecule has 0 aromatic carbocycles. The number of esters is 4. The molecule has 2 heterocycles. The second-order valence-electron chi connectivity index (χ2n) is 6.54. The predicted molar refractivity (Wildman–Crippen MR) is 95.7 cm³/mol. The van der Waals surface area contributed by atoms with Gasteiger partial charge in [0.25, 0.3) is 0 Å². The first-order chi connectivity index (χ1) is 12.3. The van der Waals surface area contributed by atoms with Crippen molar-refractivity contribution < 1.29 is 28.7 Å². The Hall–Kier alpha value is -2.24. The van der Waals surface area contributed by atoms with E-state index in [0.29, 0.717) is 6.42 Å². The number of carbonyl (C=O) groups excluding carboxylic acids is 4. The third kappa shape index (κ3) is 6.58. The standard InChI is InChI=1S/2C10H14O3/c1-3-7(2)4-5-8-6-9(11)13-10(8)12;1-3-5-7(4-2)8-6-9(11)13-10(8)12/h4,8H,3,5-6H2,1-2H3;3,5,7-8H,4,6H2,1-2H3. The molecule has 144 valence electrons. The Balaban J connectivity index is 0.000000260. The fraction of sp³-hybridized carbons (Fsp3) is 0.600. The summed E-state index contributed by atoms with van der Waals surface area (Å²) in [4.78, 5) is 43.7. The van der Waals surface area contributed by atoms with Crippen LogP contribution in [0.2, 0.25) is 0 Å². The van der Waals surface area contributed by atoms with E-state index in [1.807, 2.05) is 39.0 Å². The van der Waals surface area contributed by atoms with Crippen molar-refractivity contribution in [2.45, 2.75) is 59.8 Å². The molecule has 2 aliphatic rings. The molecule has 26 heavy (non-hydrogen) atoms. The molecule has 0 aromatic rings. The van der Waals surface area contributed by atoms with E-state index in [-0.39, 0.29) is 42.5 Å². The van der Waals surface area contributed by atoms with Crippen molar-refractivity contribution in [2.24, 2.45) is 17.8 Å². The number of hydrogen-bond donors (Lipinski definition) is 0. The molecule has 3 unspecified atom stereocenters. The van der Waals surface area contributed by atoms with Crippen molar-refractivity contribution in [1.82, 2.24) is 0 Å². The maximum absolute atomic E-state index is 11.2. The number of rotatable bonds is 6. The summed E-state index contributed by atoms with van der Waals surface area (Å²) in [6.45, 7) is 7.98. The average molecular weight is 364 g/mol. The van der Waals surface area contributed by atoms with Crippen molar-refractivity contribution in [2.75, 3.05) is 0 Å². The average Bonchev–Trinajstić information content (AvgIpc) is 3.11. The molecule has 2 saturated heterocycles. The fourth-order valence-electron chi connectivity index (χ4n) is 2.81. The summed E-state index contributed by atoms with van der Waals surface area (Å²) in [6.07, 6.45) is 8.82. The molecular formula is C20H28O6. The van der Waals surface area contributed by atoms with E-state index in [2.05, 4.69) is 16.4 Å². The third-order valence-electron chi connectivity index (χ3n) is 4.60. The highest BCUT2D eigenvalue weighted by molar-refractivity contribution is 5.95. The van der Waals surface area contributed by atoms with Crippen LogP contribution in [0.3, 0.4) is 0 Å². The van der Waals surface area contributed by atoms with Crippen LogP contribution in [0.5, 0.6) is 0 Å². The minimum absolute atomic E-state index is 0.143. The quantitative estimate of drug-likeness (QED) is 0.407. The molecule has 0 aromatic heterocycles. The van der Waals surface area contributed by atoms with E-state index in [4.69, 9.17) is 0 Å². The zero-order valence-electron chi connectivity index (χ0n) is 15.9. The molecule has 0 aliphatic carbocycles. The summed E-state index contributed by atoms with van der Waals surface area (Å²) in [5.74, 6) is -1.87. The molecule has 0 radical (unpaired) electrons. The van der Waals surface area contributed by atoms with Gasteiger partial charge in [0, 0.05) is 0 Å². The molecule has 2 rings (SSSR count). The summed E-state index contributed by atoms with van der Waals surface area (Å²) in [5.41, 5.74) is 1.24. The first kappa shape index (κ1) is 21.8. The van der Waals surface area contributed by atoms with Gasteiger partial charge in [-0.3, -0.25) is 19.2 Å². The van der Waals surface area contributed by atoms with Gasteiger partial charge in [-0.1, -0.05) is 37.6 Å². The van der Waals surface area contributed by atoms with Gasteiger partial charge in [-0.05, 0) is 39.0 Å². The Labute approximate surface area is 154 Å². The van der Waals surface area contributed by atoms with Crippen LogP contribution in [0.15, 0.2) is 23.8 Å². The second-order valence-corrected chi connectivity index (χ2v) is 6.54. The SMILES string of the molecule is CC=CC(CC)C1CC(=O)OC1=O.CCC(C)=CCC1CC(=O)OC1=O. The van der Waals surface area contributed by atoms with Gasteiger partial charge in [0.2, 0.25) is 0 Å². The van der Waals surface area contributed by atoms with Gasteiger partial charge in [0.1, 0.15) is 0 Å². The van der Waals surface area contributed by atoms with E-state index >= 15 is 0 Å². The Bertz CT molecular complexity index is 601. The molecule has 0 N–H and O–H groups in total. The molecule has 6 heteroatoms. The van der Waals surface area contributed by atoms with Gasteiger partial charge in [-0.15, -0.1) is 0 Å². The molecule has 2 aliphatic heterocycles. The second kappa shape index (κ2) is 10.7. The summed E-state index contributed by atoms with van der Waals surface area (Å²) >= 11 is 0. The molecule has 6 nitrogen and oxygen atoms in total. The van der Waals surface area contributed by atoms with E-state index in [1.54, 1.807) is 0 Å². The van der Waals surface area contributed by atoms with Crippen LogP contribution >= 0.6 is 0 Å². The van der Waals surface area contributed by atoms with Gasteiger partial charge >= 0.3 is 23.9 Å². The highest BCUT2D eigenvalue weighted by Gasteiger charge is 2.37. The monoisotopic (exact) mass is 364 g/mol. The van der Waals surface area contributed by atoms with E-state index in [0.717, 1.165) is 12.8 Å². The van der Waals surface area contributed by atoms with Crippen molar-refractivity contribution in [1.29, 1.82) is 0 Å². The van der Waals surface area contributed by atoms with Crippen LogP contribution in [0.4, 0.5) is 0 Å². The Morgan fingerprint density at radius 2 is 1.69 bits per heavy atom. The molecule has 0 spiro atoms. The largest absolute Gasteiger partial charge is 0.393 e. The Kier molecular flexibility index (Phi) is 8.96. The van der Waals surface area contributed by atoms with E-state index in [1.165, 1.54) is 5.57 Å². The molecule has 0 bridgehead atoms. The highest BCUT2D eigenvalue weighted by Crippen LogP contribution is 2.27. The number of cyclic esters (lactones) is 4. The van der Waals surface area contributed by atoms with E-state index in [9.17, 15) is 19.2 Å². The van der Waals surface area contributed by atoms with Crippen LogP contribution in [0.1, 0.15) is 59.8 Å². The zero-order chi connectivity index (χ0) is 19.7. The zero-order valence-corrected chi connectivity index (χ0v) is 15.9. The summed E-state index contributed by atoms with van der Waals surface area (Å²) in [7, 11) is 0. The molecule has 0 saturated carbocycles. The summed E-state index contributed by atoms with van der Waals surface area (Å²) in [6, 6.07) is 0. The van der Waals surface area contributed by atoms with Crippen molar-refractivity contribution in [3.63, 3.8) is 0 Å². The lowest BCUT2D eigenvalue weighted by molar-refractivity contribution is -0.155. The first-order valence-electron chi connectivity index (χ1n) is 9.09. The van der Waals surface area contributed by atoms with Crippen LogP contribution in [0, 0.1) is 17.8 Å². The first-order valence-corrected chi connectivity index (χ1v) is 9.09. The van der Waals surface area contributed by atoms with E-state index < -0.39 is 11.9 Å². The summed E-state index contributed by atoms with van der Waals surface area (Å²) in [5, 5.41) is 0. The fourth-order valence-corrected chi connectivity index (χ4v) is 2.81. The lowest BCUT2D eigenvalue weighted by Crippen LogP contribution is -2.16. The van der Waals surface area contributed by atoms with Gasteiger partial charge in [0.05, 0.1) is 24.7 Å². The van der Waals surface area contributed by atoms with Crippen LogP contribution in [-0.4, -0.2) is 23.9 Å². The van der Waals surface area contributed by atoms with Gasteiger partial charge in [-0.2, -0.15) is 0 Å². The van der Waals surface area contributed by atoms with Crippen LogP contribution in [0.25, 0.3) is 0 Å². The molecule has 2 fully saturated rings.